The predicted octanol–water partition coefficient (Wildman–Crippen LogP) is 1.71. The lowest BCUT2D eigenvalue weighted by molar-refractivity contribution is 0.0936. The van der Waals surface area contributed by atoms with Crippen molar-refractivity contribution < 1.29 is 4.79 Å². The normalized spacial score (nSPS) is 21.4. The van der Waals surface area contributed by atoms with Crippen LogP contribution in [0.15, 0.2) is 29.2 Å². The molecule has 70 valence electrons. The fourth-order valence-electron chi connectivity index (χ4n) is 1.41. The highest BCUT2D eigenvalue weighted by Crippen LogP contribution is 2.33. The Morgan fingerprint density at radius 2 is 2.21 bits per heavy atom. The lowest BCUT2D eigenvalue weighted by atomic mass is 10.1. The predicted molar refractivity (Wildman–Crippen MR) is 53.8 cm³/mol. The highest BCUT2D eigenvalue weighted by Gasteiger charge is 2.31. The molecule has 1 heterocycles. The second kappa shape index (κ2) is 3.45. The van der Waals surface area contributed by atoms with E-state index in [1.54, 1.807) is 17.4 Å². The monoisotopic (exact) mass is 204 g/mol. The van der Waals surface area contributed by atoms with Gasteiger partial charge in [-0.2, -0.15) is 5.26 Å². The van der Waals surface area contributed by atoms with Crippen LogP contribution in [-0.2, 0) is 0 Å². The van der Waals surface area contributed by atoms with Gasteiger partial charge in [-0.1, -0.05) is 18.2 Å². The number of likely N-dealkylation sites (N-methyl/N-ethyl adjacent to an activating group) is 1. The van der Waals surface area contributed by atoms with Gasteiger partial charge in [0.25, 0.3) is 0 Å². The Kier molecular flexibility index (Phi) is 2.28. The van der Waals surface area contributed by atoms with Crippen molar-refractivity contribution in [1.82, 2.24) is 4.31 Å². The zero-order valence-electron chi connectivity index (χ0n) is 7.60. The molecule has 1 unspecified atom stereocenters. The second-order valence-corrected chi connectivity index (χ2v) is 4.23. The molecule has 2 rings (SSSR count). The highest BCUT2D eigenvalue weighted by molar-refractivity contribution is 7.97. The van der Waals surface area contributed by atoms with Crippen LogP contribution >= 0.6 is 11.9 Å². The summed E-state index contributed by atoms with van der Waals surface area (Å²) >= 11 is 1.44. The van der Waals surface area contributed by atoms with Crippen LogP contribution in [0.25, 0.3) is 0 Å². The number of nitrogens with zero attached hydrogens (tertiary/aromatic N) is 2. The third-order valence-electron chi connectivity index (χ3n) is 2.13. The van der Waals surface area contributed by atoms with Crippen molar-refractivity contribution in [3.05, 3.63) is 29.8 Å². The first kappa shape index (κ1) is 9.25. The molecule has 0 radical (unpaired) electrons. The maximum atomic E-state index is 11.8. The molecule has 0 spiro atoms. The molecule has 4 heteroatoms. The van der Waals surface area contributed by atoms with Gasteiger partial charge in [0.15, 0.2) is 11.8 Å². The Labute approximate surface area is 86.5 Å². The molecule has 0 aliphatic carbocycles. The molecule has 0 saturated heterocycles. The number of nitriles is 1. The standard InChI is InChI=1S/C10H8N2OS/c1-12-8(6-11)10(13)7-4-2-3-5-9(7)14-12/h2-5,8H,1H3. The first-order chi connectivity index (χ1) is 6.74. The lowest BCUT2D eigenvalue weighted by Crippen LogP contribution is -2.36. The summed E-state index contributed by atoms with van der Waals surface area (Å²) in [5, 5.41) is 8.83. The van der Waals surface area contributed by atoms with Gasteiger partial charge in [-0.05, 0) is 25.1 Å². The van der Waals surface area contributed by atoms with Crippen molar-refractivity contribution in [2.45, 2.75) is 10.9 Å². The molecule has 0 bridgehead atoms. The number of benzene rings is 1. The van der Waals surface area contributed by atoms with E-state index < -0.39 is 6.04 Å². The van der Waals surface area contributed by atoms with E-state index in [2.05, 4.69) is 0 Å². The average molecular weight is 204 g/mol. The summed E-state index contributed by atoms with van der Waals surface area (Å²) < 4.78 is 1.69. The van der Waals surface area contributed by atoms with Crippen molar-refractivity contribution in [2.75, 3.05) is 7.05 Å². The highest BCUT2D eigenvalue weighted by atomic mass is 32.2. The number of ketones is 1. The fraction of sp³-hybridized carbons (Fsp3) is 0.200. The number of hydrogen-bond acceptors (Lipinski definition) is 4. The maximum Gasteiger partial charge on any atom is 0.196 e. The molecule has 1 aliphatic heterocycles. The molecule has 3 nitrogen and oxygen atoms in total. The molecular weight excluding hydrogens is 196 g/mol. The molecule has 1 atom stereocenters. The van der Waals surface area contributed by atoms with Crippen LogP contribution in [0.2, 0.25) is 0 Å². The van der Waals surface area contributed by atoms with E-state index in [-0.39, 0.29) is 5.78 Å². The van der Waals surface area contributed by atoms with Gasteiger partial charge in [0.2, 0.25) is 0 Å². The zero-order valence-corrected chi connectivity index (χ0v) is 8.41. The third-order valence-corrected chi connectivity index (χ3v) is 3.18. The third kappa shape index (κ3) is 1.31. The van der Waals surface area contributed by atoms with E-state index in [1.165, 1.54) is 11.9 Å². The van der Waals surface area contributed by atoms with Gasteiger partial charge >= 0.3 is 0 Å². The summed E-state index contributed by atoms with van der Waals surface area (Å²) in [4.78, 5) is 12.7. The summed E-state index contributed by atoms with van der Waals surface area (Å²) in [7, 11) is 1.76. The molecule has 1 aromatic rings. The Morgan fingerprint density at radius 3 is 2.93 bits per heavy atom. The Bertz CT molecular complexity index is 424. The van der Waals surface area contributed by atoms with Crippen molar-refractivity contribution in [1.29, 1.82) is 5.26 Å². The fourth-order valence-corrected chi connectivity index (χ4v) is 2.37. The van der Waals surface area contributed by atoms with Gasteiger partial charge in [0.1, 0.15) is 0 Å². The van der Waals surface area contributed by atoms with Crippen LogP contribution in [0.1, 0.15) is 10.4 Å². The van der Waals surface area contributed by atoms with Gasteiger partial charge in [-0.15, -0.1) is 0 Å². The van der Waals surface area contributed by atoms with E-state index >= 15 is 0 Å². The molecule has 1 aromatic carbocycles. The number of carbonyl (C=O) groups excluding carboxylic acids is 1. The first-order valence-electron chi connectivity index (χ1n) is 4.17. The lowest BCUT2D eigenvalue weighted by Gasteiger charge is -2.26. The van der Waals surface area contributed by atoms with Gasteiger partial charge in [-0.3, -0.25) is 4.79 Å². The number of fused-ring (bicyclic) bond motifs is 1. The number of carbonyl (C=O) groups is 1. The van der Waals surface area contributed by atoms with Crippen LogP contribution in [-0.4, -0.2) is 23.2 Å². The van der Waals surface area contributed by atoms with Crippen LogP contribution < -0.4 is 0 Å². The number of rotatable bonds is 0. The van der Waals surface area contributed by atoms with Crippen molar-refractivity contribution in [3.8, 4) is 6.07 Å². The maximum absolute atomic E-state index is 11.8. The summed E-state index contributed by atoms with van der Waals surface area (Å²) in [6.07, 6.45) is 0. The molecule has 0 amide bonds. The minimum atomic E-state index is -0.658. The molecule has 0 saturated carbocycles. The van der Waals surface area contributed by atoms with E-state index in [1.807, 2.05) is 24.3 Å². The Morgan fingerprint density at radius 1 is 1.50 bits per heavy atom. The summed E-state index contributed by atoms with van der Waals surface area (Å²) in [5.74, 6) is -0.107. The van der Waals surface area contributed by atoms with Crippen LogP contribution in [0.3, 0.4) is 0 Å². The Hall–Kier alpha value is -1.31. The topological polar surface area (TPSA) is 44.1 Å². The molecule has 14 heavy (non-hydrogen) atoms. The van der Waals surface area contributed by atoms with Gasteiger partial charge in [0.05, 0.1) is 6.07 Å². The van der Waals surface area contributed by atoms with Crippen LogP contribution in [0.4, 0.5) is 0 Å². The molecule has 1 aliphatic rings. The van der Waals surface area contributed by atoms with Crippen molar-refractivity contribution in [2.24, 2.45) is 0 Å². The first-order valence-corrected chi connectivity index (χ1v) is 4.95. The molecular formula is C10H8N2OS. The molecule has 0 N–H and O–H groups in total. The summed E-state index contributed by atoms with van der Waals surface area (Å²) in [5.41, 5.74) is 0.655. The van der Waals surface area contributed by atoms with Gasteiger partial charge < -0.3 is 0 Å². The van der Waals surface area contributed by atoms with E-state index in [9.17, 15) is 4.79 Å². The average Bonchev–Trinajstić information content (AvgIpc) is 2.18. The minimum absolute atomic E-state index is 0.107. The largest absolute Gasteiger partial charge is 0.291 e. The summed E-state index contributed by atoms with van der Waals surface area (Å²) in [6, 6.07) is 8.70. The van der Waals surface area contributed by atoms with Gasteiger partial charge in [-0.25, -0.2) is 4.31 Å². The van der Waals surface area contributed by atoms with Crippen LogP contribution in [0, 0.1) is 11.3 Å². The quantitative estimate of drug-likeness (QED) is 0.603. The summed E-state index contributed by atoms with van der Waals surface area (Å²) in [6.45, 7) is 0. The van der Waals surface area contributed by atoms with Crippen LogP contribution in [0.5, 0.6) is 0 Å². The zero-order chi connectivity index (χ0) is 10.1. The number of hydrogen-bond donors (Lipinski definition) is 0. The van der Waals surface area contributed by atoms with Crippen molar-refractivity contribution in [3.63, 3.8) is 0 Å². The minimum Gasteiger partial charge on any atom is -0.291 e. The van der Waals surface area contributed by atoms with Crippen molar-refractivity contribution >= 4 is 17.7 Å². The van der Waals surface area contributed by atoms with E-state index in [0.29, 0.717) is 5.56 Å². The molecule has 0 fully saturated rings. The van der Waals surface area contributed by atoms with E-state index in [0.717, 1.165) is 4.90 Å². The number of Topliss-reactive ketones (excluding diaryl/α,β-unsaturated/α-hetero) is 1. The SMILES string of the molecule is CN1Sc2ccccc2C(=O)C1C#N. The van der Waals surface area contributed by atoms with Gasteiger partial charge in [0, 0.05) is 10.5 Å². The van der Waals surface area contributed by atoms with E-state index in [4.69, 9.17) is 5.26 Å². The second-order valence-electron chi connectivity index (χ2n) is 3.03. The Balaban J connectivity index is 2.50. The smallest absolute Gasteiger partial charge is 0.196 e. The molecule has 0 aromatic heterocycles.